The Morgan fingerprint density at radius 2 is 2.40 bits per heavy atom. The molecular weight excluding hydrogens is 235 g/mol. The molecule has 0 saturated heterocycles. The number of hydrogen-bond donors (Lipinski definition) is 0. The highest BCUT2D eigenvalue weighted by atomic mass is 127. The Hall–Kier alpha value is 0.0300. The molecule has 0 aliphatic heterocycles. The first kappa shape index (κ1) is 10.0. The second kappa shape index (κ2) is 7.14. The molecule has 0 bridgehead atoms. The molecule has 0 fully saturated rings. The topological polar surface area (TPSA) is 0 Å². The van der Waals surface area contributed by atoms with Gasteiger partial charge in [0.1, 0.15) is 0 Å². The third-order valence-corrected chi connectivity index (χ3v) is 2.58. The number of hydrogen-bond acceptors (Lipinski definition) is 0. The molecule has 56 valence electrons. The first-order chi connectivity index (χ1) is 4.85. The highest BCUT2D eigenvalue weighted by Crippen LogP contribution is 2.11. The Morgan fingerprint density at radius 3 is 2.80 bits per heavy atom. The summed E-state index contributed by atoms with van der Waals surface area (Å²) in [6.07, 6.45) is 11.5. The Morgan fingerprint density at radius 1 is 1.70 bits per heavy atom. The fraction of sp³-hybridized carbons (Fsp3) is 0.556. The van der Waals surface area contributed by atoms with Gasteiger partial charge in [-0.15, -0.1) is 12.3 Å². The first-order valence-corrected chi connectivity index (χ1v) is 4.98. The predicted molar refractivity (Wildman–Crippen MR) is 55.3 cm³/mol. The average molecular weight is 248 g/mol. The van der Waals surface area contributed by atoms with Crippen molar-refractivity contribution in [2.45, 2.75) is 19.8 Å². The largest absolute Gasteiger partial charge is 0.120 e. The highest BCUT2D eigenvalue weighted by Gasteiger charge is 2.00. The van der Waals surface area contributed by atoms with Crippen LogP contribution in [0.15, 0.2) is 12.2 Å². The molecule has 0 aromatic carbocycles. The summed E-state index contributed by atoms with van der Waals surface area (Å²) in [6.45, 7) is 2.04. The van der Waals surface area contributed by atoms with Crippen LogP contribution in [0.3, 0.4) is 0 Å². The average Bonchev–Trinajstić information content (AvgIpc) is 1.98. The molecule has 10 heavy (non-hydrogen) atoms. The molecule has 0 nitrogen and oxygen atoms in total. The molecule has 0 aromatic heterocycles. The standard InChI is InChI=1S/C9H13I/c1-3-5-7-9(8-10)6-4-2/h2-3,5,9H,6-8H2,1H3/b5-3+. The first-order valence-electron chi connectivity index (χ1n) is 3.45. The fourth-order valence-electron chi connectivity index (χ4n) is 0.696. The van der Waals surface area contributed by atoms with Gasteiger partial charge in [-0.3, -0.25) is 0 Å². The van der Waals surface area contributed by atoms with Crippen molar-refractivity contribution in [3.8, 4) is 12.3 Å². The van der Waals surface area contributed by atoms with Crippen molar-refractivity contribution in [1.82, 2.24) is 0 Å². The molecule has 0 saturated carbocycles. The molecule has 1 unspecified atom stereocenters. The van der Waals surface area contributed by atoms with Crippen LogP contribution in [-0.4, -0.2) is 4.43 Å². The van der Waals surface area contributed by atoms with Gasteiger partial charge < -0.3 is 0 Å². The van der Waals surface area contributed by atoms with Gasteiger partial charge in [0.15, 0.2) is 0 Å². The van der Waals surface area contributed by atoms with E-state index in [1.54, 1.807) is 0 Å². The Balaban J connectivity index is 3.51. The molecule has 1 heteroatoms. The van der Waals surface area contributed by atoms with Crippen LogP contribution in [0, 0.1) is 18.3 Å². The predicted octanol–water partition coefficient (Wildman–Crippen LogP) is 3.03. The molecule has 0 rings (SSSR count). The lowest BCUT2D eigenvalue weighted by molar-refractivity contribution is 0.633. The monoisotopic (exact) mass is 248 g/mol. The van der Waals surface area contributed by atoms with Crippen molar-refractivity contribution < 1.29 is 0 Å². The van der Waals surface area contributed by atoms with Gasteiger partial charge in [0, 0.05) is 10.8 Å². The third kappa shape index (κ3) is 4.87. The summed E-state index contributed by atoms with van der Waals surface area (Å²) in [4.78, 5) is 0. The normalized spacial score (nSPS) is 13.3. The second-order valence-corrected chi connectivity index (χ2v) is 3.11. The van der Waals surface area contributed by atoms with E-state index in [4.69, 9.17) is 6.42 Å². The maximum absolute atomic E-state index is 5.20. The van der Waals surface area contributed by atoms with Gasteiger partial charge in [-0.2, -0.15) is 0 Å². The minimum atomic E-state index is 0.682. The van der Waals surface area contributed by atoms with Crippen LogP contribution in [0.25, 0.3) is 0 Å². The van der Waals surface area contributed by atoms with Crippen LogP contribution < -0.4 is 0 Å². The lowest BCUT2D eigenvalue weighted by Crippen LogP contribution is -1.98. The summed E-state index contributed by atoms with van der Waals surface area (Å²) in [7, 11) is 0. The van der Waals surface area contributed by atoms with Crippen molar-refractivity contribution in [3.63, 3.8) is 0 Å². The summed E-state index contributed by atoms with van der Waals surface area (Å²) < 4.78 is 1.16. The molecule has 0 amide bonds. The van der Waals surface area contributed by atoms with Crippen LogP contribution in [0.2, 0.25) is 0 Å². The quantitative estimate of drug-likeness (QED) is 0.310. The second-order valence-electron chi connectivity index (χ2n) is 2.23. The Labute approximate surface area is 77.2 Å². The van der Waals surface area contributed by atoms with Crippen LogP contribution in [0.5, 0.6) is 0 Å². The van der Waals surface area contributed by atoms with Crippen LogP contribution >= 0.6 is 22.6 Å². The molecule has 1 atom stereocenters. The Bertz CT molecular complexity index is 130. The van der Waals surface area contributed by atoms with Gasteiger partial charge in [0.05, 0.1) is 0 Å². The number of rotatable bonds is 4. The van der Waals surface area contributed by atoms with E-state index < -0.39 is 0 Å². The fourth-order valence-corrected chi connectivity index (χ4v) is 1.37. The van der Waals surface area contributed by atoms with Crippen LogP contribution in [-0.2, 0) is 0 Å². The minimum Gasteiger partial charge on any atom is -0.120 e. The van der Waals surface area contributed by atoms with Gasteiger partial charge >= 0.3 is 0 Å². The maximum Gasteiger partial charge on any atom is 0.0125 e. The lowest BCUT2D eigenvalue weighted by Gasteiger charge is -2.05. The zero-order chi connectivity index (χ0) is 7.82. The van der Waals surface area contributed by atoms with Crippen molar-refractivity contribution in [1.29, 1.82) is 0 Å². The number of allylic oxidation sites excluding steroid dienone is 2. The summed E-state index contributed by atoms with van der Waals surface area (Å²) in [5, 5.41) is 0. The molecule has 0 N–H and O–H groups in total. The molecule has 0 aromatic rings. The summed E-state index contributed by atoms with van der Waals surface area (Å²) in [5.74, 6) is 3.37. The SMILES string of the molecule is C#CCC(CI)C/C=C/C. The lowest BCUT2D eigenvalue weighted by atomic mass is 10.0. The van der Waals surface area contributed by atoms with E-state index in [9.17, 15) is 0 Å². The van der Waals surface area contributed by atoms with Gasteiger partial charge in [-0.25, -0.2) is 0 Å². The van der Waals surface area contributed by atoms with Crippen molar-refractivity contribution in [2.75, 3.05) is 4.43 Å². The number of terminal acetylenes is 1. The van der Waals surface area contributed by atoms with Crippen molar-refractivity contribution in [3.05, 3.63) is 12.2 Å². The van der Waals surface area contributed by atoms with Gasteiger partial charge in [0.2, 0.25) is 0 Å². The van der Waals surface area contributed by atoms with E-state index >= 15 is 0 Å². The van der Waals surface area contributed by atoms with Crippen LogP contribution in [0.4, 0.5) is 0 Å². The smallest absolute Gasteiger partial charge is 0.0125 e. The Kier molecular flexibility index (Phi) is 7.16. The molecule has 0 aliphatic carbocycles. The van der Waals surface area contributed by atoms with Crippen LogP contribution in [0.1, 0.15) is 19.8 Å². The summed E-state index contributed by atoms with van der Waals surface area (Å²) >= 11 is 2.38. The van der Waals surface area contributed by atoms with Gasteiger partial charge in [-0.1, -0.05) is 34.7 Å². The number of halogens is 1. The van der Waals surface area contributed by atoms with Gasteiger partial charge in [-0.05, 0) is 19.3 Å². The zero-order valence-electron chi connectivity index (χ0n) is 6.31. The molecule has 0 radical (unpaired) electrons. The number of alkyl halides is 1. The molecule has 0 aliphatic rings. The molecular formula is C9H13I. The molecule has 0 heterocycles. The van der Waals surface area contributed by atoms with E-state index in [1.807, 2.05) is 6.92 Å². The van der Waals surface area contributed by atoms with E-state index in [2.05, 4.69) is 40.7 Å². The molecule has 0 spiro atoms. The van der Waals surface area contributed by atoms with Crippen molar-refractivity contribution >= 4 is 22.6 Å². The van der Waals surface area contributed by atoms with E-state index in [0.717, 1.165) is 17.3 Å². The maximum atomic E-state index is 5.20. The zero-order valence-corrected chi connectivity index (χ0v) is 8.47. The summed E-state index contributed by atoms with van der Waals surface area (Å²) in [5.41, 5.74) is 0. The summed E-state index contributed by atoms with van der Waals surface area (Å²) in [6, 6.07) is 0. The van der Waals surface area contributed by atoms with Gasteiger partial charge in [0.25, 0.3) is 0 Å². The minimum absolute atomic E-state index is 0.682. The van der Waals surface area contributed by atoms with E-state index in [0.29, 0.717) is 5.92 Å². The third-order valence-electron chi connectivity index (χ3n) is 1.33. The highest BCUT2D eigenvalue weighted by molar-refractivity contribution is 14.1. The van der Waals surface area contributed by atoms with Crippen molar-refractivity contribution in [2.24, 2.45) is 5.92 Å². The van der Waals surface area contributed by atoms with E-state index in [1.165, 1.54) is 0 Å². The van der Waals surface area contributed by atoms with E-state index in [-0.39, 0.29) is 0 Å².